The van der Waals surface area contributed by atoms with E-state index in [1.54, 1.807) is 23.5 Å². The van der Waals surface area contributed by atoms with Crippen LogP contribution in [-0.4, -0.2) is 38.6 Å². The van der Waals surface area contributed by atoms with Gasteiger partial charge in [0.25, 0.3) is 0 Å². The molecule has 5 nitrogen and oxygen atoms in total. The van der Waals surface area contributed by atoms with Gasteiger partial charge in [0, 0.05) is 26.1 Å². The van der Waals surface area contributed by atoms with Crippen molar-refractivity contribution in [1.82, 2.24) is 4.31 Å². The highest BCUT2D eigenvalue weighted by molar-refractivity contribution is 7.89. The number of aryl methyl sites for hydroxylation is 1. The van der Waals surface area contributed by atoms with Gasteiger partial charge in [0.05, 0.1) is 17.6 Å². The van der Waals surface area contributed by atoms with Gasteiger partial charge in [0.1, 0.15) is 5.75 Å². The number of nitrogens with zero attached hydrogens (tertiary/aromatic N) is 1. The summed E-state index contributed by atoms with van der Waals surface area (Å²) in [5.41, 5.74) is 3.19. The van der Waals surface area contributed by atoms with Crippen molar-refractivity contribution < 1.29 is 17.9 Å². The van der Waals surface area contributed by atoms with Gasteiger partial charge in [-0.05, 0) is 72.0 Å². The van der Waals surface area contributed by atoms with E-state index in [0.29, 0.717) is 24.7 Å². The van der Waals surface area contributed by atoms with Crippen molar-refractivity contribution in [2.75, 3.05) is 19.8 Å². The van der Waals surface area contributed by atoms with Crippen molar-refractivity contribution in [2.24, 2.45) is 0 Å². The first-order valence-electron chi connectivity index (χ1n) is 10.9. The molecule has 1 saturated heterocycles. The zero-order valence-corrected chi connectivity index (χ0v) is 19.9. The summed E-state index contributed by atoms with van der Waals surface area (Å²) < 4.78 is 40.2. The van der Waals surface area contributed by atoms with Crippen LogP contribution in [0.5, 0.6) is 5.75 Å². The maximum Gasteiger partial charge on any atom is 0.243 e. The number of sulfonamides is 1. The first-order valence-corrected chi connectivity index (χ1v) is 13.3. The third-order valence-electron chi connectivity index (χ3n) is 5.59. The van der Waals surface area contributed by atoms with Crippen LogP contribution in [0.25, 0.3) is 0 Å². The normalized spacial score (nSPS) is 16.5. The number of ether oxygens (including phenoxy) is 2. The minimum atomic E-state index is -3.65. The second-order valence-electron chi connectivity index (χ2n) is 8.12. The summed E-state index contributed by atoms with van der Waals surface area (Å²) in [5, 5.41) is 4.19. The van der Waals surface area contributed by atoms with Crippen LogP contribution in [-0.2, 0) is 27.7 Å². The van der Waals surface area contributed by atoms with Gasteiger partial charge < -0.3 is 9.47 Å². The number of benzene rings is 2. The first-order chi connectivity index (χ1) is 15.5. The molecule has 0 amide bonds. The fourth-order valence-corrected chi connectivity index (χ4v) is 5.94. The van der Waals surface area contributed by atoms with Gasteiger partial charge in [0.15, 0.2) is 0 Å². The molecule has 0 radical (unpaired) electrons. The summed E-state index contributed by atoms with van der Waals surface area (Å²) in [6, 6.07) is 16.8. The Bertz CT molecular complexity index is 1090. The van der Waals surface area contributed by atoms with E-state index in [9.17, 15) is 8.42 Å². The molecule has 7 heteroatoms. The van der Waals surface area contributed by atoms with E-state index in [1.165, 1.54) is 9.87 Å². The molecule has 1 aliphatic rings. The van der Waals surface area contributed by atoms with Gasteiger partial charge in [0.2, 0.25) is 10.0 Å². The summed E-state index contributed by atoms with van der Waals surface area (Å²) in [4.78, 5) is 0.310. The zero-order chi connectivity index (χ0) is 22.4. The van der Waals surface area contributed by atoms with Gasteiger partial charge in [-0.1, -0.05) is 29.8 Å². The number of hydrogen-bond donors (Lipinski definition) is 0. The van der Waals surface area contributed by atoms with Crippen molar-refractivity contribution in [3.63, 3.8) is 0 Å². The van der Waals surface area contributed by atoms with Crippen LogP contribution in [0, 0.1) is 6.92 Å². The molecular weight excluding hydrogens is 442 g/mol. The monoisotopic (exact) mass is 471 g/mol. The Hall–Kier alpha value is -2.19. The zero-order valence-electron chi connectivity index (χ0n) is 18.3. The molecule has 0 unspecified atom stereocenters. The van der Waals surface area contributed by atoms with Crippen molar-refractivity contribution in [2.45, 2.75) is 43.7 Å². The number of thiophene rings is 1. The topological polar surface area (TPSA) is 55.8 Å². The van der Waals surface area contributed by atoms with Gasteiger partial charge in [-0.3, -0.25) is 0 Å². The predicted molar refractivity (Wildman–Crippen MR) is 128 cm³/mol. The Balaban J connectivity index is 1.49. The van der Waals surface area contributed by atoms with E-state index in [1.807, 2.05) is 43.3 Å². The molecule has 2 aromatic carbocycles. The quantitative estimate of drug-likeness (QED) is 0.415. The van der Waals surface area contributed by atoms with Crippen molar-refractivity contribution in [3.05, 3.63) is 82.0 Å². The fourth-order valence-electron chi connectivity index (χ4n) is 3.78. The second-order valence-corrected chi connectivity index (χ2v) is 10.8. The van der Waals surface area contributed by atoms with E-state index < -0.39 is 10.0 Å². The van der Waals surface area contributed by atoms with E-state index >= 15 is 0 Å². The molecule has 0 spiro atoms. The van der Waals surface area contributed by atoms with E-state index in [-0.39, 0.29) is 12.6 Å². The molecule has 1 aliphatic heterocycles. The smallest absolute Gasteiger partial charge is 0.243 e. The Morgan fingerprint density at radius 1 is 1.12 bits per heavy atom. The molecule has 1 atom stereocenters. The van der Waals surface area contributed by atoms with Crippen LogP contribution in [0.2, 0.25) is 0 Å². The van der Waals surface area contributed by atoms with E-state index in [0.717, 1.165) is 36.1 Å². The van der Waals surface area contributed by atoms with Crippen LogP contribution >= 0.6 is 11.3 Å². The third kappa shape index (κ3) is 5.98. The first kappa shape index (κ1) is 23.0. The largest absolute Gasteiger partial charge is 0.493 e. The summed E-state index contributed by atoms with van der Waals surface area (Å²) in [6.45, 7) is 3.85. The summed E-state index contributed by atoms with van der Waals surface area (Å²) in [6.07, 6.45) is 2.63. The summed E-state index contributed by atoms with van der Waals surface area (Å²) >= 11 is 1.68. The van der Waals surface area contributed by atoms with Crippen LogP contribution < -0.4 is 4.74 Å². The van der Waals surface area contributed by atoms with Crippen molar-refractivity contribution >= 4 is 21.4 Å². The minimum Gasteiger partial charge on any atom is -0.493 e. The molecule has 0 saturated carbocycles. The lowest BCUT2D eigenvalue weighted by Crippen LogP contribution is -2.37. The highest BCUT2D eigenvalue weighted by atomic mass is 32.2. The standard InChI is InChI=1S/C25H29NO4S2/c1-20-7-9-25(10-8-20)32(27,28)26(18-24-6-3-13-29-24)17-22-4-2-5-23(16-22)30-14-11-21-12-15-31-19-21/h2,4-5,7-10,12,15-16,19,24H,3,6,11,13-14,17-18H2,1H3/t24-/m0/s1. The lowest BCUT2D eigenvalue weighted by Gasteiger charge is -2.25. The molecule has 32 heavy (non-hydrogen) atoms. The van der Waals surface area contributed by atoms with Gasteiger partial charge in [-0.25, -0.2) is 8.42 Å². The van der Waals surface area contributed by atoms with Gasteiger partial charge >= 0.3 is 0 Å². The molecule has 4 rings (SSSR count). The Kier molecular flexibility index (Phi) is 7.63. The molecule has 0 N–H and O–H groups in total. The number of rotatable bonds is 10. The SMILES string of the molecule is Cc1ccc(S(=O)(=O)N(Cc2cccc(OCCc3ccsc3)c2)C[C@@H]2CCCO2)cc1. The summed E-state index contributed by atoms with van der Waals surface area (Å²) in [5.74, 6) is 0.752. The second kappa shape index (κ2) is 10.6. The van der Waals surface area contributed by atoms with Crippen molar-refractivity contribution in [3.8, 4) is 5.75 Å². The van der Waals surface area contributed by atoms with Crippen LogP contribution in [0.3, 0.4) is 0 Å². The Morgan fingerprint density at radius 2 is 1.97 bits per heavy atom. The van der Waals surface area contributed by atoms with E-state index in [4.69, 9.17) is 9.47 Å². The third-order valence-corrected chi connectivity index (χ3v) is 8.14. The maximum absolute atomic E-state index is 13.5. The average molecular weight is 472 g/mol. The van der Waals surface area contributed by atoms with Crippen LogP contribution in [0.4, 0.5) is 0 Å². The predicted octanol–water partition coefficient (Wildman–Crippen LogP) is 5.05. The molecular formula is C25H29NO4S2. The van der Waals surface area contributed by atoms with Crippen LogP contribution in [0.1, 0.15) is 29.5 Å². The highest BCUT2D eigenvalue weighted by Gasteiger charge is 2.29. The Morgan fingerprint density at radius 3 is 2.69 bits per heavy atom. The number of hydrogen-bond acceptors (Lipinski definition) is 5. The molecule has 0 bridgehead atoms. The Labute approximate surface area is 194 Å². The minimum absolute atomic E-state index is 0.0692. The van der Waals surface area contributed by atoms with Crippen molar-refractivity contribution in [1.29, 1.82) is 0 Å². The molecule has 3 aromatic rings. The molecule has 170 valence electrons. The summed E-state index contributed by atoms with van der Waals surface area (Å²) in [7, 11) is -3.65. The maximum atomic E-state index is 13.5. The van der Waals surface area contributed by atoms with Gasteiger partial charge in [-0.2, -0.15) is 15.6 Å². The average Bonchev–Trinajstić information content (AvgIpc) is 3.48. The molecule has 2 heterocycles. The lowest BCUT2D eigenvalue weighted by atomic mass is 10.2. The molecule has 0 aliphatic carbocycles. The molecule has 1 fully saturated rings. The lowest BCUT2D eigenvalue weighted by molar-refractivity contribution is 0.0926. The highest BCUT2D eigenvalue weighted by Crippen LogP contribution is 2.24. The van der Waals surface area contributed by atoms with Crippen LogP contribution in [0.15, 0.2) is 70.3 Å². The molecule has 1 aromatic heterocycles. The van der Waals surface area contributed by atoms with E-state index in [2.05, 4.69) is 16.8 Å². The fraction of sp³-hybridized carbons (Fsp3) is 0.360. The van der Waals surface area contributed by atoms with Gasteiger partial charge in [-0.15, -0.1) is 0 Å².